The second-order valence-corrected chi connectivity index (χ2v) is 6.42. The van der Waals surface area contributed by atoms with Crippen LogP contribution in [0, 0.1) is 6.92 Å². The number of aryl methyl sites for hydroxylation is 1. The molecule has 2 N–H and O–H groups in total. The minimum absolute atomic E-state index is 0.0895. The third kappa shape index (κ3) is 4.96. The van der Waals surface area contributed by atoms with Crippen molar-refractivity contribution in [2.24, 2.45) is 0 Å². The van der Waals surface area contributed by atoms with Crippen LogP contribution in [0.5, 0.6) is 5.75 Å². The van der Waals surface area contributed by atoms with Gasteiger partial charge in [-0.15, -0.1) is 0 Å². The van der Waals surface area contributed by atoms with Crippen molar-refractivity contribution in [1.82, 2.24) is 14.9 Å². The highest BCUT2D eigenvalue weighted by atomic mass is 16.5. The zero-order chi connectivity index (χ0) is 19.8. The molecule has 0 spiro atoms. The molecule has 0 saturated heterocycles. The molecule has 6 heteroatoms. The number of hydrogen-bond acceptors (Lipinski definition) is 5. The molecule has 0 aliphatic carbocycles. The van der Waals surface area contributed by atoms with Crippen molar-refractivity contribution in [2.45, 2.75) is 47.0 Å². The fraction of sp³-hybridized carbons (Fsp3) is 0.476. The number of carbonyl (C=O) groups is 1. The maximum Gasteiger partial charge on any atom is 0.257 e. The lowest BCUT2D eigenvalue weighted by Gasteiger charge is -2.22. The Morgan fingerprint density at radius 3 is 2.48 bits per heavy atom. The monoisotopic (exact) mass is 370 g/mol. The molecule has 1 heterocycles. The normalized spacial score (nSPS) is 10.7. The van der Waals surface area contributed by atoms with E-state index in [1.54, 1.807) is 11.8 Å². The summed E-state index contributed by atoms with van der Waals surface area (Å²) in [5, 5.41) is 0. The molecule has 0 aliphatic heterocycles. The average Bonchev–Trinajstić information content (AvgIpc) is 2.66. The van der Waals surface area contributed by atoms with Gasteiger partial charge in [0.15, 0.2) is 0 Å². The van der Waals surface area contributed by atoms with E-state index >= 15 is 0 Å². The summed E-state index contributed by atoms with van der Waals surface area (Å²) in [6.07, 6.45) is 3.24. The van der Waals surface area contributed by atoms with E-state index in [2.05, 4.69) is 16.9 Å². The van der Waals surface area contributed by atoms with Gasteiger partial charge < -0.3 is 15.4 Å². The Hall–Kier alpha value is -2.63. The van der Waals surface area contributed by atoms with Gasteiger partial charge in [0, 0.05) is 18.7 Å². The van der Waals surface area contributed by atoms with Crippen molar-refractivity contribution < 1.29 is 9.53 Å². The molecule has 0 radical (unpaired) electrons. The number of nitrogens with two attached hydrogens (primary N) is 1. The number of para-hydroxylation sites is 1. The van der Waals surface area contributed by atoms with Crippen LogP contribution in [-0.4, -0.2) is 40.5 Å². The molecule has 0 bridgehead atoms. The van der Waals surface area contributed by atoms with Crippen LogP contribution in [0.2, 0.25) is 0 Å². The fourth-order valence-corrected chi connectivity index (χ4v) is 3.04. The molecule has 0 unspecified atom stereocenters. The first-order valence-electron chi connectivity index (χ1n) is 9.68. The molecule has 27 heavy (non-hydrogen) atoms. The number of nitrogens with zero attached hydrogens (tertiary/aromatic N) is 3. The molecular formula is C21H30N4O2. The van der Waals surface area contributed by atoms with Gasteiger partial charge in [0.25, 0.3) is 5.91 Å². The lowest BCUT2D eigenvalue weighted by molar-refractivity contribution is 0.0772. The Morgan fingerprint density at radius 1 is 1.11 bits per heavy atom. The standard InChI is InChI=1S/C21H30N4O2/c1-5-8-11-14-27-17-13-10-9-12-16(17)19-18(15(4)23-21(22)24-19)20(26)25(6-2)7-3/h9-10,12-13H,5-8,11,14H2,1-4H3,(H2,22,23,24). The lowest BCUT2D eigenvalue weighted by Crippen LogP contribution is -2.32. The molecule has 1 aromatic carbocycles. The Bertz CT molecular complexity index is 773. The number of carbonyl (C=O) groups excluding carboxylic acids is 1. The molecule has 1 amide bonds. The number of aromatic nitrogens is 2. The molecular weight excluding hydrogens is 340 g/mol. The summed E-state index contributed by atoms with van der Waals surface area (Å²) in [4.78, 5) is 23.5. The quantitative estimate of drug-likeness (QED) is 0.673. The van der Waals surface area contributed by atoms with Crippen molar-refractivity contribution >= 4 is 11.9 Å². The maximum atomic E-state index is 13.1. The maximum absolute atomic E-state index is 13.1. The molecule has 6 nitrogen and oxygen atoms in total. The molecule has 0 fully saturated rings. The first-order chi connectivity index (χ1) is 13.0. The topological polar surface area (TPSA) is 81.3 Å². The summed E-state index contributed by atoms with van der Waals surface area (Å²) in [6, 6.07) is 7.64. The summed E-state index contributed by atoms with van der Waals surface area (Å²) in [7, 11) is 0. The number of unbranched alkanes of at least 4 members (excludes halogenated alkanes) is 2. The number of ether oxygens (including phenoxy) is 1. The van der Waals surface area contributed by atoms with Gasteiger partial charge in [0.2, 0.25) is 5.95 Å². The van der Waals surface area contributed by atoms with Gasteiger partial charge >= 0.3 is 0 Å². The van der Waals surface area contributed by atoms with Crippen molar-refractivity contribution in [3.05, 3.63) is 35.5 Å². The Morgan fingerprint density at radius 2 is 1.81 bits per heavy atom. The van der Waals surface area contributed by atoms with Crippen LogP contribution in [0.1, 0.15) is 56.1 Å². The summed E-state index contributed by atoms with van der Waals surface area (Å²) >= 11 is 0. The van der Waals surface area contributed by atoms with E-state index in [1.165, 1.54) is 0 Å². The average molecular weight is 370 g/mol. The van der Waals surface area contributed by atoms with Crippen LogP contribution >= 0.6 is 0 Å². The van der Waals surface area contributed by atoms with Gasteiger partial charge in [0.05, 0.1) is 23.6 Å². The van der Waals surface area contributed by atoms with Crippen molar-refractivity contribution in [2.75, 3.05) is 25.4 Å². The fourth-order valence-electron chi connectivity index (χ4n) is 3.04. The second kappa shape index (κ2) is 9.90. The number of hydrogen-bond donors (Lipinski definition) is 1. The van der Waals surface area contributed by atoms with Crippen LogP contribution in [0.4, 0.5) is 5.95 Å². The van der Waals surface area contributed by atoms with Crippen LogP contribution in [0.25, 0.3) is 11.3 Å². The van der Waals surface area contributed by atoms with E-state index in [0.717, 1.165) is 24.8 Å². The van der Waals surface area contributed by atoms with E-state index < -0.39 is 0 Å². The van der Waals surface area contributed by atoms with E-state index in [1.807, 2.05) is 38.1 Å². The van der Waals surface area contributed by atoms with Gasteiger partial charge in [-0.1, -0.05) is 31.9 Å². The zero-order valence-electron chi connectivity index (χ0n) is 16.8. The highest BCUT2D eigenvalue weighted by Gasteiger charge is 2.24. The largest absolute Gasteiger partial charge is 0.493 e. The van der Waals surface area contributed by atoms with Crippen molar-refractivity contribution in [3.63, 3.8) is 0 Å². The van der Waals surface area contributed by atoms with E-state index in [0.29, 0.717) is 42.4 Å². The number of anilines is 1. The molecule has 1 aromatic heterocycles. The smallest absolute Gasteiger partial charge is 0.257 e. The summed E-state index contributed by atoms with van der Waals surface area (Å²) < 4.78 is 6.00. The number of amides is 1. The summed E-state index contributed by atoms with van der Waals surface area (Å²) in [5.74, 6) is 0.771. The summed E-state index contributed by atoms with van der Waals surface area (Å²) in [6.45, 7) is 9.73. The molecule has 2 rings (SSSR count). The predicted octanol–water partition coefficient (Wildman–Crippen LogP) is 4.09. The van der Waals surface area contributed by atoms with Gasteiger partial charge in [-0.25, -0.2) is 9.97 Å². The molecule has 2 aromatic rings. The minimum Gasteiger partial charge on any atom is -0.493 e. The second-order valence-electron chi connectivity index (χ2n) is 6.42. The van der Waals surface area contributed by atoms with E-state index in [-0.39, 0.29) is 11.9 Å². The predicted molar refractivity (Wildman–Crippen MR) is 109 cm³/mol. The van der Waals surface area contributed by atoms with Gasteiger partial charge in [-0.3, -0.25) is 4.79 Å². The Labute approximate surface area is 161 Å². The van der Waals surface area contributed by atoms with E-state index in [4.69, 9.17) is 10.5 Å². The first-order valence-corrected chi connectivity index (χ1v) is 9.68. The third-order valence-electron chi connectivity index (χ3n) is 4.52. The van der Waals surface area contributed by atoms with Crippen LogP contribution in [0.15, 0.2) is 24.3 Å². The van der Waals surface area contributed by atoms with Crippen molar-refractivity contribution in [3.8, 4) is 17.0 Å². The highest BCUT2D eigenvalue weighted by Crippen LogP contribution is 2.33. The number of benzene rings is 1. The van der Waals surface area contributed by atoms with Crippen LogP contribution < -0.4 is 10.5 Å². The Balaban J connectivity index is 2.51. The van der Waals surface area contributed by atoms with Gasteiger partial charge in [-0.2, -0.15) is 0 Å². The first kappa shape index (κ1) is 20.7. The Kier molecular flexibility index (Phi) is 7.58. The third-order valence-corrected chi connectivity index (χ3v) is 4.52. The molecule has 0 aliphatic rings. The molecule has 146 valence electrons. The van der Waals surface area contributed by atoms with Gasteiger partial charge in [-0.05, 0) is 39.3 Å². The van der Waals surface area contributed by atoms with Crippen LogP contribution in [0.3, 0.4) is 0 Å². The highest BCUT2D eigenvalue weighted by molar-refractivity contribution is 6.01. The number of rotatable bonds is 9. The lowest BCUT2D eigenvalue weighted by atomic mass is 10.0. The minimum atomic E-state index is -0.0895. The van der Waals surface area contributed by atoms with E-state index in [9.17, 15) is 4.79 Å². The van der Waals surface area contributed by atoms with Crippen LogP contribution in [-0.2, 0) is 0 Å². The zero-order valence-corrected chi connectivity index (χ0v) is 16.8. The molecule has 0 atom stereocenters. The van der Waals surface area contributed by atoms with Crippen molar-refractivity contribution in [1.29, 1.82) is 0 Å². The van der Waals surface area contributed by atoms with Gasteiger partial charge in [0.1, 0.15) is 5.75 Å². The molecule has 0 saturated carbocycles. The number of nitrogen functional groups attached to an aromatic ring is 1. The summed E-state index contributed by atoms with van der Waals surface area (Å²) in [5.41, 5.74) is 8.27. The SMILES string of the molecule is CCCCCOc1ccccc1-c1nc(N)nc(C)c1C(=O)N(CC)CC.